The number of ether oxygens (including phenoxy) is 1. The summed E-state index contributed by atoms with van der Waals surface area (Å²) in [6.07, 6.45) is 8.19. The second kappa shape index (κ2) is 9.77. The fourth-order valence-electron chi connectivity index (χ4n) is 4.86. The number of nitrogens with one attached hydrogen (secondary N) is 1. The molecule has 1 aliphatic carbocycles. The Morgan fingerprint density at radius 1 is 1.16 bits per heavy atom. The van der Waals surface area contributed by atoms with Gasteiger partial charge in [-0.15, -0.1) is 5.10 Å². The molecule has 3 heterocycles. The molecule has 0 spiro atoms. The largest absolute Gasteiger partial charge is 0.490 e. The lowest BCUT2D eigenvalue weighted by Crippen LogP contribution is -2.36. The van der Waals surface area contributed by atoms with Gasteiger partial charge in [0.25, 0.3) is 0 Å². The van der Waals surface area contributed by atoms with Crippen LogP contribution in [0, 0.1) is 5.82 Å². The number of benzene rings is 2. The Bertz CT molecular complexity index is 1550. The van der Waals surface area contributed by atoms with Gasteiger partial charge < -0.3 is 19.7 Å². The van der Waals surface area contributed by atoms with Crippen molar-refractivity contribution < 1.29 is 23.8 Å². The summed E-state index contributed by atoms with van der Waals surface area (Å²) in [7, 11) is 0. The van der Waals surface area contributed by atoms with E-state index in [1.54, 1.807) is 28.0 Å². The Labute approximate surface area is 217 Å². The number of aromatic carboxylic acids is 1. The minimum atomic E-state index is -1.17. The van der Waals surface area contributed by atoms with Crippen molar-refractivity contribution in [3.63, 3.8) is 0 Å². The second-order valence-electron chi connectivity index (χ2n) is 9.63. The van der Waals surface area contributed by atoms with Crippen LogP contribution in [0.3, 0.4) is 0 Å². The Balaban J connectivity index is 1.38. The van der Waals surface area contributed by atoms with Gasteiger partial charge in [-0.1, -0.05) is 29.5 Å². The molecular weight excluding hydrogens is 489 g/mol. The highest BCUT2D eigenvalue weighted by atomic mass is 19.1. The van der Waals surface area contributed by atoms with Crippen LogP contribution >= 0.6 is 0 Å². The highest BCUT2D eigenvalue weighted by Crippen LogP contribution is 2.41. The van der Waals surface area contributed by atoms with Crippen LogP contribution < -0.4 is 4.74 Å². The molecule has 0 unspecified atom stereocenters. The van der Waals surface area contributed by atoms with Crippen molar-refractivity contribution >= 4 is 28.4 Å². The molecule has 0 atom stereocenters. The number of carboxylic acids is 1. The number of rotatable bonds is 8. The monoisotopic (exact) mass is 515 g/mol. The molecule has 194 valence electrons. The van der Waals surface area contributed by atoms with Crippen LogP contribution in [-0.2, 0) is 11.3 Å². The van der Waals surface area contributed by atoms with Crippen molar-refractivity contribution in [2.75, 3.05) is 13.1 Å². The van der Waals surface area contributed by atoms with E-state index in [2.05, 4.69) is 15.3 Å². The Morgan fingerprint density at radius 3 is 2.76 bits per heavy atom. The summed E-state index contributed by atoms with van der Waals surface area (Å²) >= 11 is 0. The maximum Gasteiger partial charge on any atom is 0.352 e. The van der Waals surface area contributed by atoms with Gasteiger partial charge in [-0.25, -0.2) is 9.18 Å². The van der Waals surface area contributed by atoms with Gasteiger partial charge in [-0.3, -0.25) is 9.48 Å². The van der Waals surface area contributed by atoms with Crippen molar-refractivity contribution in [2.45, 2.75) is 38.3 Å². The lowest BCUT2D eigenvalue weighted by molar-refractivity contribution is -0.131. The lowest BCUT2D eigenvalue weighted by Gasteiger charge is -2.28. The topological polar surface area (TPSA) is 113 Å². The number of carbonyl (C=O) groups excluding carboxylic acids is 1. The number of carboxylic acid groups (broad SMARTS) is 1. The number of hydrogen-bond acceptors (Lipinski definition) is 5. The highest BCUT2D eigenvalue weighted by molar-refractivity contribution is 6.03. The van der Waals surface area contributed by atoms with Crippen LogP contribution in [0.4, 0.5) is 4.39 Å². The SMILES string of the molecule is O=C(O)c1cc2c(-c3ccccc3OC3CC3)cc(C3=CCCN(C(=O)CCn4ccnn4)C3)c(F)c2[nH]1. The number of nitrogens with zero attached hydrogens (tertiary/aromatic N) is 4. The summed E-state index contributed by atoms with van der Waals surface area (Å²) in [6, 6.07) is 10.8. The van der Waals surface area contributed by atoms with E-state index in [0.717, 1.165) is 18.4 Å². The first-order valence-electron chi connectivity index (χ1n) is 12.6. The maximum absolute atomic E-state index is 16.0. The van der Waals surface area contributed by atoms with E-state index in [1.165, 1.54) is 6.07 Å². The van der Waals surface area contributed by atoms with E-state index in [1.807, 2.05) is 30.3 Å². The van der Waals surface area contributed by atoms with E-state index in [4.69, 9.17) is 4.74 Å². The van der Waals surface area contributed by atoms with E-state index in [-0.39, 0.29) is 36.2 Å². The molecule has 0 bridgehead atoms. The fraction of sp³-hybridized carbons (Fsp3) is 0.286. The number of aryl methyl sites for hydroxylation is 1. The maximum atomic E-state index is 16.0. The van der Waals surface area contributed by atoms with E-state index >= 15 is 4.39 Å². The Hall–Kier alpha value is -4.47. The number of aromatic nitrogens is 4. The minimum absolute atomic E-state index is 0.0518. The quantitative estimate of drug-likeness (QED) is 0.357. The first-order valence-corrected chi connectivity index (χ1v) is 12.6. The van der Waals surface area contributed by atoms with E-state index in [0.29, 0.717) is 47.3 Å². The minimum Gasteiger partial charge on any atom is -0.490 e. The molecule has 1 aliphatic heterocycles. The van der Waals surface area contributed by atoms with Crippen LogP contribution in [0.5, 0.6) is 5.75 Å². The summed E-state index contributed by atoms with van der Waals surface area (Å²) < 4.78 is 23.7. The molecule has 6 rings (SSSR count). The molecule has 2 aromatic carbocycles. The predicted octanol–water partition coefficient (Wildman–Crippen LogP) is 4.51. The van der Waals surface area contributed by atoms with Crippen LogP contribution in [0.1, 0.15) is 41.7 Å². The highest BCUT2D eigenvalue weighted by Gasteiger charge is 2.27. The number of halogens is 1. The Kier molecular flexibility index (Phi) is 6.15. The molecule has 9 nitrogen and oxygen atoms in total. The molecule has 4 aromatic rings. The van der Waals surface area contributed by atoms with Gasteiger partial charge in [0.05, 0.1) is 24.4 Å². The second-order valence-corrected chi connectivity index (χ2v) is 9.63. The van der Waals surface area contributed by atoms with Crippen LogP contribution in [0.15, 0.2) is 54.9 Å². The van der Waals surface area contributed by atoms with E-state index in [9.17, 15) is 14.7 Å². The molecule has 1 fully saturated rings. The molecule has 10 heteroatoms. The standard InChI is InChI=1S/C28H26FN5O4/c29-26-20(17-4-3-11-33(16-17)25(35)9-12-34-13-10-30-32-34)14-21(22-15-23(28(36)37)31-27(22)26)19-5-1-2-6-24(19)38-18-7-8-18/h1-2,4-6,10,13-15,18,31H,3,7-9,11-12,16H2,(H,36,37). The van der Waals surface area contributed by atoms with Crippen LogP contribution in [0.25, 0.3) is 27.6 Å². The molecule has 2 aromatic heterocycles. The number of para-hydroxylation sites is 1. The number of carbonyl (C=O) groups is 2. The predicted molar refractivity (Wildman–Crippen MR) is 138 cm³/mol. The molecule has 0 saturated heterocycles. The summed E-state index contributed by atoms with van der Waals surface area (Å²) in [5, 5.41) is 17.7. The van der Waals surface area contributed by atoms with Crippen LogP contribution in [0.2, 0.25) is 0 Å². The van der Waals surface area contributed by atoms with Crippen molar-refractivity contribution in [1.29, 1.82) is 0 Å². The molecule has 0 radical (unpaired) electrons. The zero-order chi connectivity index (χ0) is 26.2. The number of fused-ring (bicyclic) bond motifs is 1. The molecular formula is C28H26FN5O4. The van der Waals surface area contributed by atoms with Gasteiger partial charge in [0.15, 0.2) is 5.82 Å². The Morgan fingerprint density at radius 2 is 2.00 bits per heavy atom. The van der Waals surface area contributed by atoms with Crippen molar-refractivity contribution in [1.82, 2.24) is 24.9 Å². The molecule has 2 aliphatic rings. The van der Waals surface area contributed by atoms with Gasteiger partial charge >= 0.3 is 5.97 Å². The third-order valence-electron chi connectivity index (χ3n) is 6.95. The lowest BCUT2D eigenvalue weighted by atomic mass is 9.93. The van der Waals surface area contributed by atoms with Gasteiger partial charge in [-0.2, -0.15) is 0 Å². The third-order valence-corrected chi connectivity index (χ3v) is 6.95. The number of hydrogen-bond donors (Lipinski definition) is 2. The number of H-pyrrole nitrogens is 1. The van der Waals surface area contributed by atoms with Gasteiger partial charge in [0, 0.05) is 42.2 Å². The first-order chi connectivity index (χ1) is 18.5. The smallest absolute Gasteiger partial charge is 0.352 e. The van der Waals surface area contributed by atoms with Gasteiger partial charge in [0.1, 0.15) is 11.4 Å². The van der Waals surface area contributed by atoms with Crippen molar-refractivity contribution in [3.05, 3.63) is 71.9 Å². The van der Waals surface area contributed by atoms with Crippen molar-refractivity contribution in [3.8, 4) is 16.9 Å². The summed E-state index contributed by atoms with van der Waals surface area (Å²) in [5.74, 6) is -1.09. The van der Waals surface area contributed by atoms with Crippen molar-refractivity contribution in [2.24, 2.45) is 0 Å². The summed E-state index contributed by atoms with van der Waals surface area (Å²) in [4.78, 5) is 29.2. The van der Waals surface area contributed by atoms with Gasteiger partial charge in [0.2, 0.25) is 5.91 Å². The normalized spacial score (nSPS) is 15.5. The summed E-state index contributed by atoms with van der Waals surface area (Å²) in [6.45, 7) is 1.21. The van der Waals surface area contributed by atoms with Gasteiger partial charge in [-0.05, 0) is 48.6 Å². The molecule has 1 saturated carbocycles. The molecule has 2 N–H and O–H groups in total. The molecule has 38 heavy (non-hydrogen) atoms. The summed E-state index contributed by atoms with van der Waals surface area (Å²) in [5.41, 5.74) is 2.47. The third kappa shape index (κ3) is 4.65. The zero-order valence-electron chi connectivity index (χ0n) is 20.6. The first kappa shape index (κ1) is 23.9. The fourth-order valence-corrected chi connectivity index (χ4v) is 4.86. The zero-order valence-corrected chi connectivity index (χ0v) is 20.6. The number of aromatic amines is 1. The van der Waals surface area contributed by atoms with E-state index < -0.39 is 11.8 Å². The average molecular weight is 516 g/mol. The molecule has 1 amide bonds. The van der Waals surface area contributed by atoms with Crippen LogP contribution in [-0.4, -0.2) is 61.1 Å². The average Bonchev–Trinajstić information content (AvgIpc) is 3.38. The number of amides is 1.